The molecule has 1 heterocycles. The van der Waals surface area contributed by atoms with Crippen LogP contribution in [0, 0.1) is 0 Å². The van der Waals surface area contributed by atoms with E-state index in [1.165, 1.54) is 0 Å². The molecular formula is C13H11Br2NO2. The summed E-state index contributed by atoms with van der Waals surface area (Å²) >= 11 is 6.83. The predicted octanol–water partition coefficient (Wildman–Crippen LogP) is 4.19. The van der Waals surface area contributed by atoms with Crippen LogP contribution >= 0.6 is 31.9 Å². The maximum Gasteiger partial charge on any atom is 0.152 e. The summed E-state index contributed by atoms with van der Waals surface area (Å²) in [5.41, 5.74) is 1.02. The lowest BCUT2D eigenvalue weighted by Gasteiger charge is -2.10. The molecule has 0 N–H and O–H groups in total. The lowest BCUT2D eigenvalue weighted by molar-refractivity contribution is 0.301. The molecule has 94 valence electrons. The highest BCUT2D eigenvalue weighted by Crippen LogP contribution is 2.26. The average molecular weight is 373 g/mol. The molecule has 0 atom stereocenters. The molecule has 18 heavy (non-hydrogen) atoms. The zero-order valence-corrected chi connectivity index (χ0v) is 12.9. The van der Waals surface area contributed by atoms with Crippen molar-refractivity contribution in [2.75, 3.05) is 7.11 Å². The van der Waals surface area contributed by atoms with Crippen LogP contribution in [0.2, 0.25) is 0 Å². The van der Waals surface area contributed by atoms with E-state index in [4.69, 9.17) is 9.47 Å². The average Bonchev–Trinajstić information content (AvgIpc) is 2.39. The van der Waals surface area contributed by atoms with E-state index in [2.05, 4.69) is 36.8 Å². The predicted molar refractivity (Wildman–Crippen MR) is 77.0 cm³/mol. The largest absolute Gasteiger partial charge is 0.497 e. The van der Waals surface area contributed by atoms with Crippen LogP contribution in [0.1, 0.15) is 5.56 Å². The first-order valence-electron chi connectivity index (χ1n) is 5.26. The Morgan fingerprint density at radius 2 is 2.06 bits per heavy atom. The molecule has 0 saturated heterocycles. The monoisotopic (exact) mass is 371 g/mol. The Bertz CT molecular complexity index is 546. The smallest absolute Gasteiger partial charge is 0.152 e. The van der Waals surface area contributed by atoms with Gasteiger partial charge in [0, 0.05) is 16.2 Å². The lowest BCUT2D eigenvalue weighted by atomic mass is 10.2. The van der Waals surface area contributed by atoms with Gasteiger partial charge >= 0.3 is 0 Å². The molecule has 2 aromatic rings. The molecule has 0 aliphatic rings. The molecule has 0 fully saturated rings. The van der Waals surface area contributed by atoms with E-state index >= 15 is 0 Å². The molecule has 0 amide bonds. The second kappa shape index (κ2) is 6.20. The van der Waals surface area contributed by atoms with E-state index in [9.17, 15) is 0 Å². The van der Waals surface area contributed by atoms with Gasteiger partial charge < -0.3 is 9.47 Å². The molecule has 0 aliphatic carbocycles. The van der Waals surface area contributed by atoms with E-state index in [0.29, 0.717) is 17.0 Å². The van der Waals surface area contributed by atoms with Crippen LogP contribution in [0.4, 0.5) is 0 Å². The minimum Gasteiger partial charge on any atom is -0.497 e. The van der Waals surface area contributed by atoms with Gasteiger partial charge in [0.1, 0.15) is 17.0 Å². The number of hydrogen-bond acceptors (Lipinski definition) is 3. The Labute approximate surface area is 122 Å². The minimum absolute atomic E-state index is 0.447. The fourth-order valence-electron chi connectivity index (χ4n) is 1.42. The summed E-state index contributed by atoms with van der Waals surface area (Å²) in [7, 11) is 1.64. The van der Waals surface area contributed by atoms with Crippen LogP contribution in [0.25, 0.3) is 0 Å². The third kappa shape index (κ3) is 3.23. The van der Waals surface area contributed by atoms with Gasteiger partial charge in [-0.25, -0.2) is 4.98 Å². The zero-order valence-electron chi connectivity index (χ0n) is 9.69. The molecule has 0 spiro atoms. The molecule has 2 rings (SSSR count). The van der Waals surface area contributed by atoms with Gasteiger partial charge in [-0.3, -0.25) is 0 Å². The summed E-state index contributed by atoms with van der Waals surface area (Å²) in [4.78, 5) is 4.10. The van der Waals surface area contributed by atoms with Crippen molar-refractivity contribution in [1.82, 2.24) is 4.98 Å². The normalized spacial score (nSPS) is 10.2. The van der Waals surface area contributed by atoms with E-state index in [0.717, 1.165) is 15.8 Å². The summed E-state index contributed by atoms with van der Waals surface area (Å²) in [5, 5.41) is 0. The van der Waals surface area contributed by atoms with Gasteiger partial charge in [0.2, 0.25) is 0 Å². The van der Waals surface area contributed by atoms with Crippen molar-refractivity contribution >= 4 is 31.9 Å². The van der Waals surface area contributed by atoms with Gasteiger partial charge in [-0.1, -0.05) is 15.9 Å². The molecule has 0 aliphatic heterocycles. The quantitative estimate of drug-likeness (QED) is 0.754. The number of hydrogen-bond donors (Lipinski definition) is 0. The first kappa shape index (κ1) is 13.4. The van der Waals surface area contributed by atoms with Crippen molar-refractivity contribution in [3.05, 3.63) is 51.2 Å². The third-order valence-corrected chi connectivity index (χ3v) is 3.73. The Hall–Kier alpha value is -1.07. The number of benzene rings is 1. The van der Waals surface area contributed by atoms with Gasteiger partial charge in [0.15, 0.2) is 5.75 Å². The highest BCUT2D eigenvalue weighted by Gasteiger charge is 2.05. The van der Waals surface area contributed by atoms with Crippen molar-refractivity contribution in [1.29, 1.82) is 0 Å². The summed E-state index contributed by atoms with van der Waals surface area (Å²) in [6, 6.07) is 9.48. The van der Waals surface area contributed by atoms with Crippen LogP contribution in [-0.2, 0) is 6.61 Å². The van der Waals surface area contributed by atoms with Crippen molar-refractivity contribution in [2.24, 2.45) is 0 Å². The molecule has 0 bridgehead atoms. The minimum atomic E-state index is 0.447. The van der Waals surface area contributed by atoms with Crippen molar-refractivity contribution < 1.29 is 9.47 Å². The molecule has 3 nitrogen and oxygen atoms in total. The first-order chi connectivity index (χ1) is 8.70. The summed E-state index contributed by atoms with van der Waals surface area (Å²) in [5.74, 6) is 1.52. The zero-order chi connectivity index (χ0) is 13.0. The second-order valence-electron chi connectivity index (χ2n) is 3.54. The van der Waals surface area contributed by atoms with Gasteiger partial charge in [-0.15, -0.1) is 0 Å². The van der Waals surface area contributed by atoms with E-state index in [-0.39, 0.29) is 0 Å². The molecule has 1 aromatic heterocycles. The highest BCUT2D eigenvalue weighted by atomic mass is 79.9. The highest BCUT2D eigenvalue weighted by molar-refractivity contribution is 9.10. The first-order valence-corrected chi connectivity index (χ1v) is 6.85. The van der Waals surface area contributed by atoms with E-state index in [1.54, 1.807) is 13.3 Å². The van der Waals surface area contributed by atoms with Crippen molar-refractivity contribution in [3.8, 4) is 11.5 Å². The standard InChI is InChI=1S/C13H11Br2NO2/c1-17-10-4-5-11(14)9(7-10)8-18-12-3-2-6-16-13(12)15/h2-7H,8H2,1H3. The van der Waals surface area contributed by atoms with Crippen LogP contribution < -0.4 is 9.47 Å². The lowest BCUT2D eigenvalue weighted by Crippen LogP contribution is -1.98. The SMILES string of the molecule is COc1ccc(Br)c(COc2cccnc2Br)c1. The van der Waals surface area contributed by atoms with Gasteiger partial charge in [0.25, 0.3) is 0 Å². The Kier molecular flexibility index (Phi) is 4.60. The van der Waals surface area contributed by atoms with Gasteiger partial charge in [0.05, 0.1) is 7.11 Å². The number of halogens is 2. The molecule has 0 unspecified atom stereocenters. The van der Waals surface area contributed by atoms with Crippen LogP contribution in [0.5, 0.6) is 11.5 Å². The summed E-state index contributed by atoms with van der Waals surface area (Å²) < 4.78 is 12.6. The second-order valence-corrected chi connectivity index (χ2v) is 5.14. The van der Waals surface area contributed by atoms with E-state index < -0.39 is 0 Å². The van der Waals surface area contributed by atoms with Crippen molar-refractivity contribution in [2.45, 2.75) is 6.61 Å². The Morgan fingerprint density at radius 1 is 1.22 bits per heavy atom. The molecule has 1 aromatic carbocycles. The fraction of sp³-hybridized carbons (Fsp3) is 0.154. The molecule has 0 radical (unpaired) electrons. The Morgan fingerprint density at radius 3 is 2.78 bits per heavy atom. The fourth-order valence-corrected chi connectivity index (χ4v) is 2.15. The van der Waals surface area contributed by atoms with Crippen molar-refractivity contribution in [3.63, 3.8) is 0 Å². The van der Waals surface area contributed by atoms with Crippen LogP contribution in [-0.4, -0.2) is 12.1 Å². The summed E-state index contributed by atoms with van der Waals surface area (Å²) in [6.45, 7) is 0.447. The number of pyridine rings is 1. The number of ether oxygens (including phenoxy) is 2. The topological polar surface area (TPSA) is 31.4 Å². The molecule has 0 saturated carbocycles. The van der Waals surface area contributed by atoms with Gasteiger partial charge in [-0.2, -0.15) is 0 Å². The number of rotatable bonds is 4. The maximum absolute atomic E-state index is 5.71. The third-order valence-electron chi connectivity index (χ3n) is 2.36. The maximum atomic E-state index is 5.71. The Balaban J connectivity index is 2.13. The molecular weight excluding hydrogens is 362 g/mol. The van der Waals surface area contributed by atoms with E-state index in [1.807, 2.05) is 30.3 Å². The number of nitrogens with zero attached hydrogens (tertiary/aromatic N) is 1. The summed E-state index contributed by atoms with van der Waals surface area (Å²) in [6.07, 6.45) is 1.71. The molecule has 5 heteroatoms. The number of methoxy groups -OCH3 is 1. The van der Waals surface area contributed by atoms with Gasteiger partial charge in [-0.05, 0) is 46.3 Å². The van der Waals surface area contributed by atoms with Crippen LogP contribution in [0.3, 0.4) is 0 Å². The number of aromatic nitrogens is 1. The van der Waals surface area contributed by atoms with Crippen LogP contribution in [0.15, 0.2) is 45.6 Å².